The van der Waals surface area contributed by atoms with Crippen molar-refractivity contribution < 1.29 is 15.3 Å². The molecule has 0 saturated carbocycles. The lowest BCUT2D eigenvalue weighted by atomic mass is 10.2. The zero-order valence-electron chi connectivity index (χ0n) is 7.69. The molecule has 13 heavy (non-hydrogen) atoms. The van der Waals surface area contributed by atoms with Gasteiger partial charge in [-0.1, -0.05) is 0 Å². The highest BCUT2D eigenvalue weighted by atomic mass is 16.3. The molecule has 0 bridgehead atoms. The maximum absolute atomic E-state index is 9.55. The van der Waals surface area contributed by atoms with Crippen LogP contribution in [-0.2, 0) is 0 Å². The zero-order valence-corrected chi connectivity index (χ0v) is 7.69. The number of rotatable bonds is 5. The van der Waals surface area contributed by atoms with Gasteiger partial charge in [-0.25, -0.2) is 0 Å². The van der Waals surface area contributed by atoms with Crippen LogP contribution in [0.25, 0.3) is 0 Å². The van der Waals surface area contributed by atoms with Gasteiger partial charge >= 0.3 is 0 Å². The molecule has 5 heteroatoms. The Hall–Kier alpha value is -0.200. The maximum Gasteiger partial charge on any atom is 0.0831 e. The Labute approximate surface area is 78.0 Å². The SMILES string of the molecule is OCCN(CCO)[C@@H]1CNC[C@H]1O. The van der Waals surface area contributed by atoms with Crippen LogP contribution in [0.15, 0.2) is 0 Å². The molecule has 0 radical (unpaired) electrons. The van der Waals surface area contributed by atoms with Crippen molar-refractivity contribution in [3.63, 3.8) is 0 Å². The van der Waals surface area contributed by atoms with Crippen LogP contribution in [0.2, 0.25) is 0 Å². The molecule has 1 fully saturated rings. The summed E-state index contributed by atoms with van der Waals surface area (Å²) >= 11 is 0. The molecule has 1 heterocycles. The fourth-order valence-corrected chi connectivity index (χ4v) is 1.72. The minimum Gasteiger partial charge on any atom is -0.395 e. The van der Waals surface area contributed by atoms with E-state index in [1.54, 1.807) is 0 Å². The van der Waals surface area contributed by atoms with Crippen molar-refractivity contribution in [3.05, 3.63) is 0 Å². The summed E-state index contributed by atoms with van der Waals surface area (Å²) < 4.78 is 0. The van der Waals surface area contributed by atoms with Gasteiger partial charge in [-0.2, -0.15) is 0 Å². The highest BCUT2D eigenvalue weighted by molar-refractivity contribution is 4.88. The van der Waals surface area contributed by atoms with Gasteiger partial charge in [-0.3, -0.25) is 4.90 Å². The van der Waals surface area contributed by atoms with Crippen molar-refractivity contribution in [2.45, 2.75) is 12.1 Å². The Morgan fingerprint density at radius 3 is 2.15 bits per heavy atom. The molecule has 5 nitrogen and oxygen atoms in total. The van der Waals surface area contributed by atoms with Crippen molar-refractivity contribution in [1.82, 2.24) is 10.2 Å². The molecular weight excluding hydrogens is 172 g/mol. The summed E-state index contributed by atoms with van der Waals surface area (Å²) in [4.78, 5) is 1.91. The van der Waals surface area contributed by atoms with Gasteiger partial charge in [-0.05, 0) is 0 Å². The Bertz CT molecular complexity index is 139. The van der Waals surface area contributed by atoms with Crippen molar-refractivity contribution in [2.24, 2.45) is 0 Å². The van der Waals surface area contributed by atoms with Gasteiger partial charge in [0, 0.05) is 32.2 Å². The second-order valence-electron chi connectivity index (χ2n) is 3.28. The van der Waals surface area contributed by atoms with Crippen LogP contribution in [-0.4, -0.2) is 71.8 Å². The van der Waals surface area contributed by atoms with Gasteiger partial charge in [-0.15, -0.1) is 0 Å². The maximum atomic E-state index is 9.55. The predicted molar refractivity (Wildman–Crippen MR) is 48.4 cm³/mol. The molecule has 78 valence electrons. The van der Waals surface area contributed by atoms with Crippen LogP contribution in [0.4, 0.5) is 0 Å². The fourth-order valence-electron chi connectivity index (χ4n) is 1.72. The first-order valence-electron chi connectivity index (χ1n) is 4.64. The van der Waals surface area contributed by atoms with Crippen molar-refractivity contribution in [3.8, 4) is 0 Å². The van der Waals surface area contributed by atoms with Crippen LogP contribution < -0.4 is 5.32 Å². The smallest absolute Gasteiger partial charge is 0.0831 e. The molecule has 0 aliphatic carbocycles. The lowest BCUT2D eigenvalue weighted by Crippen LogP contribution is -2.45. The molecule has 1 rings (SSSR count). The minimum absolute atomic E-state index is 0.0271. The summed E-state index contributed by atoms with van der Waals surface area (Å²) in [5, 5.41) is 30.2. The van der Waals surface area contributed by atoms with Crippen LogP contribution in [0.5, 0.6) is 0 Å². The van der Waals surface area contributed by atoms with E-state index in [1.165, 1.54) is 0 Å². The number of nitrogens with one attached hydrogen (secondary N) is 1. The highest BCUT2D eigenvalue weighted by Crippen LogP contribution is 2.08. The third-order valence-electron chi connectivity index (χ3n) is 2.39. The lowest BCUT2D eigenvalue weighted by molar-refractivity contribution is 0.0588. The molecular formula is C8H18N2O3. The molecule has 1 aliphatic heterocycles. The Morgan fingerprint density at radius 1 is 1.15 bits per heavy atom. The summed E-state index contributed by atoms with van der Waals surface area (Å²) in [5.74, 6) is 0. The molecule has 2 atom stereocenters. The average molecular weight is 190 g/mol. The van der Waals surface area contributed by atoms with Gasteiger partial charge < -0.3 is 20.6 Å². The highest BCUT2D eigenvalue weighted by Gasteiger charge is 2.29. The lowest BCUT2D eigenvalue weighted by Gasteiger charge is -2.28. The predicted octanol–water partition coefficient (Wildman–Crippen LogP) is -2.39. The third kappa shape index (κ3) is 2.89. The molecule has 0 spiro atoms. The van der Waals surface area contributed by atoms with Gasteiger partial charge in [0.1, 0.15) is 0 Å². The molecule has 0 aromatic rings. The monoisotopic (exact) mass is 190 g/mol. The van der Waals surface area contributed by atoms with Crippen molar-refractivity contribution in [2.75, 3.05) is 39.4 Å². The van der Waals surface area contributed by atoms with E-state index in [-0.39, 0.29) is 19.3 Å². The van der Waals surface area contributed by atoms with Gasteiger partial charge in [0.25, 0.3) is 0 Å². The topological polar surface area (TPSA) is 76.0 Å². The molecule has 0 aromatic heterocycles. The van der Waals surface area contributed by atoms with Gasteiger partial charge in [0.2, 0.25) is 0 Å². The van der Waals surface area contributed by atoms with E-state index in [9.17, 15) is 5.11 Å². The molecule has 4 N–H and O–H groups in total. The Kier molecular flexibility index (Phi) is 4.61. The van der Waals surface area contributed by atoms with E-state index in [0.717, 1.165) is 6.54 Å². The third-order valence-corrected chi connectivity index (χ3v) is 2.39. The first-order valence-corrected chi connectivity index (χ1v) is 4.64. The first kappa shape index (κ1) is 10.9. The summed E-state index contributed by atoms with van der Waals surface area (Å²) in [7, 11) is 0. The number of aliphatic hydroxyl groups is 3. The summed E-state index contributed by atoms with van der Waals surface area (Å²) in [5.41, 5.74) is 0. The number of nitrogens with zero attached hydrogens (tertiary/aromatic N) is 1. The van der Waals surface area contributed by atoms with E-state index in [0.29, 0.717) is 19.6 Å². The minimum atomic E-state index is -0.391. The van der Waals surface area contributed by atoms with E-state index in [2.05, 4.69) is 5.32 Å². The molecule has 0 unspecified atom stereocenters. The van der Waals surface area contributed by atoms with E-state index < -0.39 is 6.10 Å². The largest absolute Gasteiger partial charge is 0.395 e. The second kappa shape index (κ2) is 5.51. The molecule has 1 aliphatic rings. The average Bonchev–Trinajstić information content (AvgIpc) is 2.51. The normalized spacial score (nSPS) is 28.6. The van der Waals surface area contributed by atoms with E-state index in [4.69, 9.17) is 10.2 Å². The number of hydrogen-bond donors (Lipinski definition) is 4. The van der Waals surface area contributed by atoms with Gasteiger partial charge in [0.15, 0.2) is 0 Å². The van der Waals surface area contributed by atoms with E-state index in [1.807, 2.05) is 4.90 Å². The molecule has 0 aromatic carbocycles. The van der Waals surface area contributed by atoms with E-state index >= 15 is 0 Å². The van der Waals surface area contributed by atoms with Crippen LogP contribution >= 0.6 is 0 Å². The quantitative estimate of drug-likeness (QED) is 0.389. The second-order valence-corrected chi connectivity index (χ2v) is 3.28. The van der Waals surface area contributed by atoms with Crippen molar-refractivity contribution in [1.29, 1.82) is 0 Å². The Morgan fingerprint density at radius 2 is 1.77 bits per heavy atom. The number of aliphatic hydroxyl groups excluding tert-OH is 3. The fraction of sp³-hybridized carbons (Fsp3) is 1.00. The summed E-state index contributed by atoms with van der Waals surface area (Å²) in [6, 6.07) is 0.0271. The van der Waals surface area contributed by atoms with Crippen molar-refractivity contribution >= 4 is 0 Å². The van der Waals surface area contributed by atoms with Gasteiger partial charge in [0.05, 0.1) is 19.3 Å². The zero-order chi connectivity index (χ0) is 9.68. The number of β-amino-alcohol motifs (C(OH)–C–C–N with tert-alkyl or cyclic N) is 1. The first-order chi connectivity index (χ1) is 6.29. The van der Waals surface area contributed by atoms with Crippen LogP contribution in [0.1, 0.15) is 0 Å². The summed E-state index contributed by atoms with van der Waals surface area (Å²) in [6.07, 6.45) is -0.391. The Balaban J connectivity index is 2.42. The number of hydrogen-bond acceptors (Lipinski definition) is 5. The molecule has 1 saturated heterocycles. The standard InChI is InChI=1S/C8H18N2O3/c11-3-1-10(2-4-12)7-5-9-6-8(7)13/h7-9,11-13H,1-6H2/t7-,8-/m1/s1. The summed E-state index contributed by atoms with van der Waals surface area (Å²) in [6.45, 7) is 2.44. The van der Waals surface area contributed by atoms with Crippen LogP contribution in [0.3, 0.4) is 0 Å². The van der Waals surface area contributed by atoms with Crippen LogP contribution in [0, 0.1) is 0 Å². The molecule has 0 amide bonds.